The normalized spacial score (nSPS) is 43.5. The summed E-state index contributed by atoms with van der Waals surface area (Å²) in [6.07, 6.45) is 18.1. The highest BCUT2D eigenvalue weighted by Gasteiger charge is 2.62. The molecule has 0 bridgehead atoms. The Morgan fingerprint density at radius 1 is 0.933 bits per heavy atom. The molecule has 0 radical (unpaired) electrons. The highest BCUT2D eigenvalue weighted by atomic mass is 14.7. The first-order chi connectivity index (χ1) is 14.0. The maximum absolute atomic E-state index is 2.71. The minimum atomic E-state index is 0.464. The van der Waals surface area contributed by atoms with Crippen molar-refractivity contribution in [1.29, 1.82) is 0 Å². The van der Waals surface area contributed by atoms with E-state index >= 15 is 0 Å². The van der Waals surface area contributed by atoms with Gasteiger partial charge in [0, 0.05) is 0 Å². The predicted molar refractivity (Wildman–Crippen MR) is 131 cm³/mol. The van der Waals surface area contributed by atoms with Gasteiger partial charge in [-0.15, -0.1) is 0 Å². The molecule has 4 aliphatic rings. The first-order valence-corrected chi connectivity index (χ1v) is 13.3. The molecule has 170 valence electrons. The van der Waals surface area contributed by atoms with Crippen molar-refractivity contribution in [2.24, 2.45) is 39.4 Å². The van der Waals surface area contributed by atoms with E-state index in [0.29, 0.717) is 21.7 Å². The van der Waals surface area contributed by atoms with Gasteiger partial charge in [0.25, 0.3) is 0 Å². The minimum Gasteiger partial charge on any atom is -0.0859 e. The Bertz CT molecular complexity index is 731. The Labute approximate surface area is 188 Å². The molecule has 30 heavy (non-hydrogen) atoms. The van der Waals surface area contributed by atoms with E-state index in [1.807, 2.05) is 11.1 Å². The highest BCUT2D eigenvalue weighted by Crippen LogP contribution is 2.72. The van der Waals surface area contributed by atoms with Gasteiger partial charge < -0.3 is 0 Å². The molecule has 2 fully saturated rings. The molecular formula is C30H50. The minimum absolute atomic E-state index is 0.464. The van der Waals surface area contributed by atoms with Crippen LogP contribution in [0.25, 0.3) is 0 Å². The van der Waals surface area contributed by atoms with Crippen LogP contribution >= 0.6 is 0 Å². The first kappa shape index (κ1) is 22.7. The Hall–Kier alpha value is -0.520. The van der Waals surface area contributed by atoms with Crippen LogP contribution in [0.1, 0.15) is 126 Å². The monoisotopic (exact) mass is 410 g/mol. The largest absolute Gasteiger partial charge is 0.0859 e. The molecule has 0 amide bonds. The summed E-state index contributed by atoms with van der Waals surface area (Å²) in [7, 11) is 0. The fourth-order valence-electron chi connectivity index (χ4n) is 9.57. The molecule has 0 N–H and O–H groups in total. The second kappa shape index (κ2) is 7.52. The summed E-state index contributed by atoms with van der Waals surface area (Å²) in [5, 5.41) is 0. The van der Waals surface area contributed by atoms with Gasteiger partial charge in [0.1, 0.15) is 0 Å². The number of hydrogen-bond acceptors (Lipinski definition) is 0. The summed E-state index contributed by atoms with van der Waals surface area (Å²) in [5.41, 5.74) is 7.42. The first-order valence-electron chi connectivity index (χ1n) is 13.3. The number of fused-ring (bicyclic) bond motifs is 4. The van der Waals surface area contributed by atoms with E-state index in [1.165, 1.54) is 76.2 Å². The van der Waals surface area contributed by atoms with Crippen LogP contribution in [0, 0.1) is 39.4 Å². The molecule has 0 saturated heterocycles. The van der Waals surface area contributed by atoms with Crippen LogP contribution in [-0.2, 0) is 0 Å². The lowest BCUT2D eigenvalue weighted by atomic mass is 9.43. The zero-order valence-corrected chi connectivity index (χ0v) is 21.6. The Morgan fingerprint density at radius 2 is 1.67 bits per heavy atom. The average molecular weight is 411 g/mol. The molecule has 0 heterocycles. The summed E-state index contributed by atoms with van der Waals surface area (Å²) >= 11 is 0. The molecule has 0 aliphatic heterocycles. The van der Waals surface area contributed by atoms with Crippen LogP contribution in [0.4, 0.5) is 0 Å². The second-order valence-corrected chi connectivity index (χ2v) is 13.5. The molecule has 0 aromatic heterocycles. The van der Waals surface area contributed by atoms with Crippen molar-refractivity contribution in [3.05, 3.63) is 22.8 Å². The molecular weight excluding hydrogens is 360 g/mol. The molecule has 4 aliphatic carbocycles. The highest BCUT2D eigenvalue weighted by molar-refractivity contribution is 5.38. The molecule has 6 atom stereocenters. The summed E-state index contributed by atoms with van der Waals surface area (Å²) < 4.78 is 0. The van der Waals surface area contributed by atoms with Gasteiger partial charge in [-0.05, 0) is 117 Å². The summed E-state index contributed by atoms with van der Waals surface area (Å²) in [4.78, 5) is 0. The third-order valence-corrected chi connectivity index (χ3v) is 11.4. The Morgan fingerprint density at radius 3 is 2.37 bits per heavy atom. The zero-order chi connectivity index (χ0) is 21.9. The van der Waals surface area contributed by atoms with Crippen molar-refractivity contribution >= 4 is 0 Å². The molecule has 0 spiro atoms. The van der Waals surface area contributed by atoms with Gasteiger partial charge in [0.15, 0.2) is 0 Å². The van der Waals surface area contributed by atoms with Gasteiger partial charge in [-0.1, -0.05) is 70.8 Å². The summed E-state index contributed by atoms with van der Waals surface area (Å²) in [5.74, 6) is 2.68. The molecule has 0 aromatic rings. The van der Waals surface area contributed by atoms with Crippen LogP contribution < -0.4 is 0 Å². The smallest absolute Gasteiger partial charge is 0.00568 e. The lowest BCUT2D eigenvalue weighted by molar-refractivity contribution is -0.0199. The summed E-state index contributed by atoms with van der Waals surface area (Å²) in [6.45, 7) is 20.3. The van der Waals surface area contributed by atoms with E-state index in [9.17, 15) is 0 Å². The van der Waals surface area contributed by atoms with E-state index in [2.05, 4.69) is 61.5 Å². The average Bonchev–Trinajstić information content (AvgIpc) is 2.92. The van der Waals surface area contributed by atoms with Gasteiger partial charge in [0.05, 0.1) is 0 Å². The van der Waals surface area contributed by atoms with E-state index in [0.717, 1.165) is 17.8 Å². The molecule has 6 unspecified atom stereocenters. The Kier molecular flexibility index (Phi) is 5.68. The van der Waals surface area contributed by atoms with E-state index < -0.39 is 0 Å². The molecule has 2 saturated carbocycles. The lowest BCUT2D eigenvalue weighted by Gasteiger charge is -2.61. The number of allylic oxidation sites excluding steroid dienone is 4. The maximum atomic E-state index is 2.71. The van der Waals surface area contributed by atoms with Crippen LogP contribution in [0.3, 0.4) is 0 Å². The van der Waals surface area contributed by atoms with Gasteiger partial charge >= 0.3 is 0 Å². The number of hydrogen-bond donors (Lipinski definition) is 0. The van der Waals surface area contributed by atoms with Crippen LogP contribution in [0.15, 0.2) is 22.8 Å². The van der Waals surface area contributed by atoms with Crippen molar-refractivity contribution < 1.29 is 0 Å². The van der Waals surface area contributed by atoms with Crippen molar-refractivity contribution in [2.75, 3.05) is 0 Å². The van der Waals surface area contributed by atoms with Crippen molar-refractivity contribution in [3.8, 4) is 0 Å². The fraction of sp³-hybridized carbons (Fsp3) is 0.867. The fourth-order valence-corrected chi connectivity index (χ4v) is 9.57. The molecule has 4 rings (SSSR count). The van der Waals surface area contributed by atoms with Gasteiger partial charge in [0.2, 0.25) is 0 Å². The standard InChI is InChI=1S/C30H50/c1-21(2)11-9-12-22(3)23-15-19-30(8)25-13-14-26-27(4,5)17-10-18-28(26,6)24(25)16-20-29(23,30)7/h11,22-23,26H,9-10,12-20H2,1-8H3. The zero-order valence-electron chi connectivity index (χ0n) is 21.6. The maximum Gasteiger partial charge on any atom is -0.00568 e. The van der Waals surface area contributed by atoms with Crippen LogP contribution in [-0.4, -0.2) is 0 Å². The van der Waals surface area contributed by atoms with E-state index in [4.69, 9.17) is 0 Å². The van der Waals surface area contributed by atoms with Crippen molar-refractivity contribution in [2.45, 2.75) is 126 Å². The summed E-state index contributed by atoms with van der Waals surface area (Å²) in [6, 6.07) is 0. The Balaban J connectivity index is 1.64. The predicted octanol–water partition coefficient (Wildman–Crippen LogP) is 9.51. The lowest BCUT2D eigenvalue weighted by Crippen LogP contribution is -2.51. The SMILES string of the molecule is CC(C)=CCCC(C)C1CCC2(C)C3=C(CCC12C)C1(C)CCCC(C)(C)C1CC3. The van der Waals surface area contributed by atoms with Gasteiger partial charge in [-0.2, -0.15) is 0 Å². The van der Waals surface area contributed by atoms with Crippen LogP contribution in [0.5, 0.6) is 0 Å². The van der Waals surface area contributed by atoms with E-state index in [1.54, 1.807) is 0 Å². The third kappa shape index (κ3) is 3.21. The van der Waals surface area contributed by atoms with Crippen molar-refractivity contribution in [1.82, 2.24) is 0 Å². The molecule has 0 nitrogen and oxygen atoms in total. The van der Waals surface area contributed by atoms with E-state index in [-0.39, 0.29) is 0 Å². The van der Waals surface area contributed by atoms with Gasteiger partial charge in [-0.3, -0.25) is 0 Å². The van der Waals surface area contributed by atoms with Crippen molar-refractivity contribution in [3.63, 3.8) is 0 Å². The third-order valence-electron chi connectivity index (χ3n) is 11.4. The topological polar surface area (TPSA) is 0 Å². The second-order valence-electron chi connectivity index (χ2n) is 13.5. The molecule has 0 heteroatoms. The molecule has 0 aromatic carbocycles. The van der Waals surface area contributed by atoms with Gasteiger partial charge in [-0.25, -0.2) is 0 Å². The quantitative estimate of drug-likeness (QED) is 0.405. The number of rotatable bonds is 4. The van der Waals surface area contributed by atoms with Crippen LogP contribution in [0.2, 0.25) is 0 Å².